The Morgan fingerprint density at radius 1 is 0.704 bits per heavy atom. The third-order valence-corrected chi connectivity index (χ3v) is 9.65. The molecule has 8 rings (SSSR count). The highest BCUT2D eigenvalue weighted by Gasteiger charge is 2.22. The number of benzene rings is 2. The van der Waals surface area contributed by atoms with Gasteiger partial charge in [0.25, 0.3) is 0 Å². The third kappa shape index (κ3) is 7.85. The molecule has 0 aliphatic carbocycles. The molecular weight excluding hydrogens is 704 g/mol. The van der Waals surface area contributed by atoms with Crippen molar-refractivity contribution in [3.8, 4) is 22.8 Å². The van der Waals surface area contributed by atoms with E-state index in [1.54, 1.807) is 24.5 Å². The number of pyridine rings is 5. The highest BCUT2D eigenvalue weighted by Crippen LogP contribution is 2.40. The van der Waals surface area contributed by atoms with Crippen LogP contribution in [0.5, 0.6) is 0 Å². The van der Waals surface area contributed by atoms with E-state index < -0.39 is 0 Å². The predicted octanol–water partition coefficient (Wildman–Crippen LogP) is 10.7. The van der Waals surface area contributed by atoms with E-state index in [2.05, 4.69) is 63.9 Å². The van der Waals surface area contributed by atoms with Crippen molar-refractivity contribution in [3.63, 3.8) is 0 Å². The van der Waals surface area contributed by atoms with Crippen molar-refractivity contribution in [2.24, 2.45) is 0 Å². The van der Waals surface area contributed by atoms with Crippen LogP contribution in [-0.4, -0.2) is 51.2 Å². The first-order chi connectivity index (χ1) is 26.2. The van der Waals surface area contributed by atoms with Gasteiger partial charge in [0.15, 0.2) is 0 Å². The van der Waals surface area contributed by atoms with Gasteiger partial charge >= 0.3 is 0 Å². The van der Waals surface area contributed by atoms with Crippen LogP contribution in [0.4, 0.5) is 25.8 Å². The first kappa shape index (κ1) is 36.8. The maximum Gasteiger partial charge on any atom is 0.125 e. The summed E-state index contributed by atoms with van der Waals surface area (Å²) in [7, 11) is 0. The summed E-state index contributed by atoms with van der Waals surface area (Å²) in [5.74, 6) is -0.296. The fourth-order valence-corrected chi connectivity index (χ4v) is 7.19. The van der Waals surface area contributed by atoms with Crippen LogP contribution in [0.1, 0.15) is 50.7 Å². The molecule has 1 fully saturated rings. The van der Waals surface area contributed by atoms with Gasteiger partial charge in [0.2, 0.25) is 0 Å². The number of morpholine rings is 1. The van der Waals surface area contributed by atoms with Crippen LogP contribution < -0.4 is 10.2 Å². The van der Waals surface area contributed by atoms with E-state index >= 15 is 0 Å². The Morgan fingerprint density at radius 2 is 1.28 bits per heavy atom. The molecule has 5 aromatic heterocycles. The van der Waals surface area contributed by atoms with Crippen LogP contribution in [0.25, 0.3) is 44.6 Å². The van der Waals surface area contributed by atoms with Gasteiger partial charge in [-0.25, -0.2) is 18.7 Å². The van der Waals surface area contributed by atoms with Gasteiger partial charge in [-0.15, -0.1) is 0 Å². The van der Waals surface area contributed by atoms with E-state index in [0.29, 0.717) is 35.0 Å². The van der Waals surface area contributed by atoms with Gasteiger partial charge in [-0.2, -0.15) is 0 Å². The van der Waals surface area contributed by atoms with Crippen LogP contribution in [-0.2, 0) is 4.74 Å². The minimum atomic E-state index is -0.324. The Hall–Kier alpha value is -5.58. The van der Waals surface area contributed by atoms with Crippen LogP contribution >= 0.6 is 11.6 Å². The third-order valence-electron chi connectivity index (χ3n) is 9.25. The van der Waals surface area contributed by atoms with E-state index in [4.69, 9.17) is 21.3 Å². The molecule has 2 aromatic carbocycles. The summed E-state index contributed by atoms with van der Waals surface area (Å²) in [4.78, 5) is 25.1. The smallest absolute Gasteiger partial charge is 0.125 e. The topological polar surface area (TPSA) is 89.0 Å². The van der Waals surface area contributed by atoms with Crippen LogP contribution in [0, 0.1) is 11.6 Å². The maximum absolute atomic E-state index is 14.1. The summed E-state index contributed by atoms with van der Waals surface area (Å²) in [6.45, 7) is 11.5. The van der Waals surface area contributed by atoms with Gasteiger partial charge in [-0.1, -0.05) is 51.4 Å². The van der Waals surface area contributed by atoms with Crippen molar-refractivity contribution in [2.75, 3.05) is 36.5 Å². The van der Waals surface area contributed by atoms with Crippen molar-refractivity contribution in [2.45, 2.75) is 39.5 Å². The molecule has 0 saturated carbocycles. The Morgan fingerprint density at radius 3 is 1.85 bits per heavy atom. The van der Waals surface area contributed by atoms with Crippen molar-refractivity contribution in [1.82, 2.24) is 24.9 Å². The molecule has 0 unspecified atom stereocenters. The Balaban J connectivity index is 0.000000184. The fraction of sp³-hybridized carbons (Fsp3) is 0.233. The molecule has 0 spiro atoms. The lowest BCUT2D eigenvalue weighted by Crippen LogP contribution is -2.36. The first-order valence-corrected chi connectivity index (χ1v) is 18.3. The second kappa shape index (κ2) is 16.2. The molecule has 11 heteroatoms. The van der Waals surface area contributed by atoms with Gasteiger partial charge in [0.1, 0.15) is 11.6 Å². The number of hydrogen-bond acceptors (Lipinski definition) is 8. The van der Waals surface area contributed by atoms with Gasteiger partial charge in [-0.05, 0) is 66.4 Å². The molecule has 1 aliphatic heterocycles. The molecule has 54 heavy (non-hydrogen) atoms. The minimum Gasteiger partial charge on any atom is -0.378 e. The van der Waals surface area contributed by atoms with E-state index in [0.717, 1.165) is 69.1 Å². The van der Waals surface area contributed by atoms with E-state index in [1.807, 2.05) is 48.8 Å². The molecule has 6 heterocycles. The first-order valence-electron chi connectivity index (χ1n) is 18.0. The van der Waals surface area contributed by atoms with E-state index in [9.17, 15) is 8.78 Å². The lowest BCUT2D eigenvalue weighted by atomic mass is 9.94. The quantitative estimate of drug-likeness (QED) is 0.173. The summed E-state index contributed by atoms with van der Waals surface area (Å²) in [5.41, 5.74) is 8.89. The highest BCUT2D eigenvalue weighted by atomic mass is 35.5. The number of halogens is 3. The van der Waals surface area contributed by atoms with Crippen LogP contribution in [0.15, 0.2) is 104 Å². The molecule has 7 aromatic rings. The molecule has 0 amide bonds. The van der Waals surface area contributed by atoms with Gasteiger partial charge in [-0.3, -0.25) is 15.0 Å². The summed E-state index contributed by atoms with van der Waals surface area (Å²) in [6.07, 6.45) is 7.15. The largest absolute Gasteiger partial charge is 0.378 e. The van der Waals surface area contributed by atoms with Crippen LogP contribution in [0.3, 0.4) is 0 Å². The number of ether oxygens (including phenoxy) is 1. The van der Waals surface area contributed by atoms with Gasteiger partial charge < -0.3 is 15.0 Å². The Kier molecular flexibility index (Phi) is 11.0. The predicted molar refractivity (Wildman–Crippen MR) is 214 cm³/mol. The van der Waals surface area contributed by atoms with Gasteiger partial charge in [0, 0.05) is 59.5 Å². The van der Waals surface area contributed by atoms with Crippen LogP contribution in [0.2, 0.25) is 5.02 Å². The molecule has 0 radical (unpaired) electrons. The van der Waals surface area contributed by atoms with Crippen molar-refractivity contribution >= 4 is 50.5 Å². The SMILES string of the molecule is CC(C)c1c(-c2ccccn2)nc2cc(F)ccc2c1Cl.CC(C)c1c(-c2ccccn2)nc2cc(F)ccc2c1Nc1cncc(N2CCOCC2)c1. The number of rotatable bonds is 7. The standard InChI is InChI=1S/C26H26FN5O.C17H14ClFN2/c1-17(2)24-25(30-19-14-20(16-28-15-19)32-9-11-33-12-10-32)21-7-6-18(27)13-23(21)31-26(24)22-5-3-4-8-29-22;1-10(2)15-16(18)12-7-6-11(19)9-14(12)21-17(15)13-5-3-4-8-20-13/h3-8,13-17H,9-12H2,1-2H3,(H,30,31);3-10H,1-2H3. The molecule has 0 atom stereocenters. The summed E-state index contributed by atoms with van der Waals surface area (Å²) < 4.78 is 33.1. The van der Waals surface area contributed by atoms with Gasteiger partial charge in [0.05, 0.1) is 81.5 Å². The number of anilines is 3. The molecule has 1 saturated heterocycles. The monoisotopic (exact) mass is 743 g/mol. The summed E-state index contributed by atoms with van der Waals surface area (Å²) in [5, 5.41) is 5.84. The number of aromatic nitrogens is 5. The number of nitrogens with zero attached hydrogens (tertiary/aromatic N) is 6. The van der Waals surface area contributed by atoms with E-state index in [1.165, 1.54) is 24.3 Å². The average Bonchev–Trinajstić information content (AvgIpc) is 3.18. The fourth-order valence-electron chi connectivity index (χ4n) is 6.72. The molecule has 1 aliphatic rings. The normalized spacial score (nSPS) is 13.0. The molecular formula is C43H40ClF2N7O. The second-order valence-corrected chi connectivity index (χ2v) is 14.0. The Labute approximate surface area is 318 Å². The second-order valence-electron chi connectivity index (χ2n) is 13.7. The molecule has 1 N–H and O–H groups in total. The summed E-state index contributed by atoms with van der Waals surface area (Å²) >= 11 is 6.55. The number of hydrogen-bond donors (Lipinski definition) is 1. The lowest BCUT2D eigenvalue weighted by Gasteiger charge is -2.29. The van der Waals surface area contributed by atoms with Crippen molar-refractivity contribution < 1.29 is 13.5 Å². The maximum atomic E-state index is 14.1. The Bertz CT molecular complexity index is 2410. The lowest BCUT2D eigenvalue weighted by molar-refractivity contribution is 0.122. The van der Waals surface area contributed by atoms with E-state index in [-0.39, 0.29) is 23.5 Å². The van der Waals surface area contributed by atoms with Crippen molar-refractivity contribution in [1.29, 1.82) is 0 Å². The minimum absolute atomic E-state index is 0.154. The molecule has 0 bridgehead atoms. The average molecular weight is 744 g/mol. The zero-order chi connectivity index (χ0) is 37.8. The number of nitrogens with one attached hydrogen (secondary N) is 1. The van der Waals surface area contributed by atoms with Crippen molar-refractivity contribution in [3.05, 3.63) is 131 Å². The number of fused-ring (bicyclic) bond motifs is 2. The molecule has 274 valence electrons. The highest BCUT2D eigenvalue weighted by molar-refractivity contribution is 6.36. The zero-order valence-corrected chi connectivity index (χ0v) is 31.3. The molecule has 8 nitrogen and oxygen atoms in total. The zero-order valence-electron chi connectivity index (χ0n) is 30.5. The summed E-state index contributed by atoms with van der Waals surface area (Å²) in [6, 6.07) is 22.7.